The molecule has 3 rings (SSSR count). The van der Waals surface area contributed by atoms with E-state index in [1.165, 1.54) is 5.57 Å². The number of nitrogens with zero attached hydrogens (tertiary/aromatic N) is 5. The summed E-state index contributed by atoms with van der Waals surface area (Å²) in [5.41, 5.74) is 2.11. The van der Waals surface area contributed by atoms with Crippen LogP contribution in [-0.4, -0.2) is 61.7 Å². The Labute approximate surface area is 184 Å². The van der Waals surface area contributed by atoms with Crippen LogP contribution < -0.4 is 15.1 Å². The molecule has 0 spiro atoms. The molecule has 1 aromatic heterocycles. The number of nitrogens with one attached hydrogen (secondary N) is 1. The van der Waals surface area contributed by atoms with Crippen LogP contribution in [0.25, 0.3) is 0 Å². The fraction of sp³-hybridized carbons (Fsp3) is 0.304. The van der Waals surface area contributed by atoms with E-state index in [0.29, 0.717) is 5.02 Å². The molecule has 1 fully saturated rings. The van der Waals surface area contributed by atoms with Crippen LogP contribution in [-0.2, 0) is 0 Å². The van der Waals surface area contributed by atoms with Gasteiger partial charge in [0.1, 0.15) is 11.6 Å². The van der Waals surface area contributed by atoms with E-state index in [1.807, 2.05) is 67.6 Å². The molecule has 1 aromatic carbocycles. The van der Waals surface area contributed by atoms with Gasteiger partial charge >= 0.3 is 0 Å². The molecule has 30 heavy (non-hydrogen) atoms. The van der Waals surface area contributed by atoms with Crippen LogP contribution in [0.2, 0.25) is 5.02 Å². The molecule has 0 radical (unpaired) electrons. The Kier molecular flexibility index (Phi) is 7.49. The third-order valence-electron chi connectivity index (χ3n) is 4.93. The molecule has 1 aliphatic heterocycles. The summed E-state index contributed by atoms with van der Waals surface area (Å²) in [6, 6.07) is 9.54. The molecule has 2 heterocycles. The molecule has 0 aliphatic carbocycles. The van der Waals surface area contributed by atoms with Crippen LogP contribution >= 0.6 is 11.6 Å². The van der Waals surface area contributed by atoms with E-state index >= 15 is 0 Å². The minimum atomic E-state index is 0.707. The minimum absolute atomic E-state index is 0.707. The first-order chi connectivity index (χ1) is 14.5. The summed E-state index contributed by atoms with van der Waals surface area (Å²) in [6.07, 6.45) is 5.72. The number of piperazine rings is 1. The van der Waals surface area contributed by atoms with Crippen molar-refractivity contribution in [3.63, 3.8) is 0 Å². The summed E-state index contributed by atoms with van der Waals surface area (Å²) in [6.45, 7) is 12.2. The highest BCUT2D eigenvalue weighted by molar-refractivity contribution is 6.30. The van der Waals surface area contributed by atoms with Crippen LogP contribution in [0, 0.1) is 0 Å². The van der Waals surface area contributed by atoms with Gasteiger partial charge in [-0.2, -0.15) is 9.97 Å². The number of hydrogen-bond acceptors (Lipinski definition) is 6. The van der Waals surface area contributed by atoms with Gasteiger partial charge in [0.2, 0.25) is 5.95 Å². The van der Waals surface area contributed by atoms with Crippen LogP contribution in [0.1, 0.15) is 0 Å². The number of allylic oxidation sites excluding steroid dienone is 2. The van der Waals surface area contributed by atoms with E-state index in [4.69, 9.17) is 21.6 Å². The minimum Gasteiger partial charge on any atom is -0.363 e. The lowest BCUT2D eigenvalue weighted by molar-refractivity contribution is 0.279. The lowest BCUT2D eigenvalue weighted by Crippen LogP contribution is -2.47. The normalized spacial score (nSPS) is 15.0. The molecular formula is C23H29ClN6. The Balaban J connectivity index is 1.73. The van der Waals surface area contributed by atoms with Gasteiger partial charge in [-0.15, -0.1) is 0 Å². The molecule has 0 unspecified atom stereocenters. The fourth-order valence-corrected chi connectivity index (χ4v) is 3.36. The Hall–Kier alpha value is -2.83. The number of hydrogen-bond donors (Lipinski definition) is 1. The quantitative estimate of drug-likeness (QED) is 0.635. The average molecular weight is 425 g/mol. The molecule has 7 heteroatoms. The predicted molar refractivity (Wildman–Crippen MR) is 128 cm³/mol. The lowest BCUT2D eigenvalue weighted by Gasteiger charge is -2.35. The Morgan fingerprint density at radius 2 is 1.83 bits per heavy atom. The molecule has 1 saturated heterocycles. The molecule has 6 nitrogen and oxygen atoms in total. The highest BCUT2D eigenvalue weighted by Crippen LogP contribution is 2.24. The van der Waals surface area contributed by atoms with E-state index < -0.39 is 0 Å². The first kappa shape index (κ1) is 21.9. The molecule has 1 N–H and O–H groups in total. The second kappa shape index (κ2) is 10.3. The molecule has 0 bridgehead atoms. The summed E-state index contributed by atoms with van der Waals surface area (Å²) < 4.78 is 0. The summed E-state index contributed by atoms with van der Waals surface area (Å²) >= 11 is 5.99. The van der Waals surface area contributed by atoms with Crippen molar-refractivity contribution in [3.8, 4) is 0 Å². The maximum absolute atomic E-state index is 5.99. The third-order valence-corrected chi connectivity index (χ3v) is 5.18. The average Bonchev–Trinajstić information content (AvgIpc) is 2.75. The number of anilines is 4. The van der Waals surface area contributed by atoms with Gasteiger partial charge in [0.05, 0.1) is 0 Å². The molecule has 0 saturated carbocycles. The molecule has 0 amide bonds. The molecule has 1 aliphatic rings. The second-order valence-corrected chi connectivity index (χ2v) is 7.82. The molecule has 2 aromatic rings. The largest absolute Gasteiger partial charge is 0.363 e. The Bertz CT molecular complexity index is 898. The summed E-state index contributed by atoms with van der Waals surface area (Å²) in [5, 5.41) is 4.07. The first-order valence-corrected chi connectivity index (χ1v) is 10.4. The smallest absolute Gasteiger partial charge is 0.229 e. The topological polar surface area (TPSA) is 47.5 Å². The summed E-state index contributed by atoms with van der Waals surface area (Å²) in [5.74, 6) is 2.36. The van der Waals surface area contributed by atoms with Gasteiger partial charge in [0, 0.05) is 63.6 Å². The van der Waals surface area contributed by atoms with E-state index in [9.17, 15) is 0 Å². The number of benzene rings is 1. The molecular weight excluding hydrogens is 396 g/mol. The van der Waals surface area contributed by atoms with Crippen LogP contribution in [0.15, 0.2) is 67.3 Å². The highest BCUT2D eigenvalue weighted by Gasteiger charge is 2.20. The van der Waals surface area contributed by atoms with Gasteiger partial charge in [-0.25, -0.2) is 0 Å². The monoisotopic (exact) mass is 424 g/mol. The zero-order valence-electron chi connectivity index (χ0n) is 17.7. The van der Waals surface area contributed by atoms with E-state index in [-0.39, 0.29) is 0 Å². The Morgan fingerprint density at radius 3 is 2.43 bits per heavy atom. The molecule has 0 atom stereocenters. The third kappa shape index (κ3) is 5.84. The van der Waals surface area contributed by atoms with Gasteiger partial charge in [-0.3, -0.25) is 4.90 Å². The molecule has 158 valence electrons. The zero-order valence-corrected chi connectivity index (χ0v) is 18.4. The van der Waals surface area contributed by atoms with Crippen LogP contribution in [0.4, 0.5) is 23.3 Å². The van der Waals surface area contributed by atoms with Crippen molar-refractivity contribution in [1.29, 1.82) is 0 Å². The predicted octanol–water partition coefficient (Wildman–Crippen LogP) is 4.36. The summed E-state index contributed by atoms with van der Waals surface area (Å²) in [4.78, 5) is 16.2. The van der Waals surface area contributed by atoms with E-state index in [2.05, 4.69) is 28.3 Å². The van der Waals surface area contributed by atoms with Crippen molar-refractivity contribution in [3.05, 3.63) is 72.3 Å². The van der Waals surface area contributed by atoms with Crippen molar-refractivity contribution < 1.29 is 0 Å². The van der Waals surface area contributed by atoms with Crippen molar-refractivity contribution in [2.75, 3.05) is 61.9 Å². The van der Waals surface area contributed by atoms with Gasteiger partial charge < -0.3 is 15.1 Å². The zero-order chi connectivity index (χ0) is 21.5. The van der Waals surface area contributed by atoms with E-state index in [0.717, 1.165) is 56.0 Å². The van der Waals surface area contributed by atoms with Gasteiger partial charge in [0.25, 0.3) is 0 Å². The van der Waals surface area contributed by atoms with Crippen molar-refractivity contribution >= 4 is 34.9 Å². The first-order valence-electron chi connectivity index (χ1n) is 9.99. The Morgan fingerprint density at radius 1 is 1.13 bits per heavy atom. The standard InChI is InChI=1S/C23H29ClN6/c1-5-7-18(6-2)17-29-12-14-30(15-13-29)23-26-21(16-22(27-23)28(3)4)25-20-10-8-19(24)9-11-20/h5-11,16H,1-2,12-15,17H2,3-4H3,(H,25,26,27)/b18-7+. The number of rotatable bonds is 8. The summed E-state index contributed by atoms with van der Waals surface area (Å²) in [7, 11) is 3.97. The van der Waals surface area contributed by atoms with Gasteiger partial charge in [0.15, 0.2) is 0 Å². The van der Waals surface area contributed by atoms with Crippen molar-refractivity contribution in [1.82, 2.24) is 14.9 Å². The maximum atomic E-state index is 5.99. The second-order valence-electron chi connectivity index (χ2n) is 7.38. The SMILES string of the molecule is C=C/C=C(\C=C)CN1CCN(c2nc(Nc3ccc(Cl)cc3)cc(N(C)C)n2)CC1. The maximum Gasteiger partial charge on any atom is 0.229 e. The van der Waals surface area contributed by atoms with Crippen LogP contribution in [0.3, 0.4) is 0 Å². The van der Waals surface area contributed by atoms with Gasteiger partial charge in [-0.05, 0) is 29.8 Å². The van der Waals surface area contributed by atoms with Crippen molar-refractivity contribution in [2.45, 2.75) is 0 Å². The number of halogens is 1. The lowest BCUT2D eigenvalue weighted by atomic mass is 10.2. The number of aromatic nitrogens is 2. The van der Waals surface area contributed by atoms with Gasteiger partial charge in [-0.1, -0.05) is 43.0 Å². The van der Waals surface area contributed by atoms with E-state index in [1.54, 1.807) is 0 Å². The van der Waals surface area contributed by atoms with Crippen LogP contribution in [0.5, 0.6) is 0 Å². The fourth-order valence-electron chi connectivity index (χ4n) is 3.24. The van der Waals surface area contributed by atoms with Crippen molar-refractivity contribution in [2.24, 2.45) is 0 Å². The highest BCUT2D eigenvalue weighted by atomic mass is 35.5.